The van der Waals surface area contributed by atoms with E-state index in [9.17, 15) is 53.7 Å². The van der Waals surface area contributed by atoms with Crippen molar-refractivity contribution in [1.82, 2.24) is 46.5 Å². The highest BCUT2D eigenvalue weighted by atomic mass is 16.7. The molecule has 5 aliphatic heterocycles. The van der Waals surface area contributed by atoms with E-state index >= 15 is 0 Å². The van der Waals surface area contributed by atoms with Crippen LogP contribution in [-0.2, 0) is 122 Å². The van der Waals surface area contributed by atoms with E-state index < -0.39 is 125 Å². The highest BCUT2D eigenvalue weighted by Crippen LogP contribution is 2.54. The largest absolute Gasteiger partial charge is 0.507 e. The number of aromatic hydroxyl groups is 2. The molecule has 6 heterocycles. The van der Waals surface area contributed by atoms with Crippen molar-refractivity contribution in [1.29, 1.82) is 0 Å². The quantitative estimate of drug-likeness (QED) is 0.0192. The average Bonchev–Trinajstić information content (AvgIpc) is 1.34. The first-order valence-electron chi connectivity index (χ1n) is 46.4. The number of unbranched alkanes of at least 4 members (excludes halogenated alkanes) is 1. The minimum absolute atomic E-state index is 0.0142. The second-order valence-corrected chi connectivity index (χ2v) is 34.1. The van der Waals surface area contributed by atoms with Crippen LogP contribution in [0.5, 0.6) is 17.2 Å². The van der Waals surface area contributed by atoms with Crippen molar-refractivity contribution >= 4 is 52.7 Å². The molecule has 39 heteroatoms. The standard InChI is InChI=1S/C94H130N10O29/c1-61-87-70(103-31-33-130-91(118-4)90(103)133-87)56-76(131-61)132-72-58-94(115,57-67-78(72)86(111)80-79(84(67)109)83(108)66-15-11-17-71(117-3)77(66)85(80)110)92(114)96-28-27-95-89(113)68(59-97-73(105)22-32-119-36-37-121-40-41-123-44-45-125-48-49-127-52-53-129-55-54-128-51-50-126-47-46-124-43-42-122-39-38-120-35-34-116-2)98-88(112)62-20-23-93(24-21-62)25-29-102(30-26-93)74(106)18-9-10-19-75(107)104-60-63-12-5-6-13-64(63)81-82(100-101-99-81)65-14-7-8-16-69(65)104/h5-8,11-17,61-62,68,70,72,76,87,90-91,109,111,115H,9-10,18-60H2,1-4H3,(H,95,113)(H,96,114)(H,97,105)(H,98,112)(H,99,100,101). The molecule has 1 aromatic heterocycles. The third-order valence-corrected chi connectivity index (χ3v) is 25.6. The molecular formula is C94H130N10O29. The van der Waals surface area contributed by atoms with Crippen molar-refractivity contribution in [2.45, 2.75) is 158 Å². The molecule has 9 atom stereocenters. The number of aromatic nitrogens is 3. The van der Waals surface area contributed by atoms with Crippen molar-refractivity contribution in [2.75, 3.05) is 224 Å². The maximum Gasteiger partial charge on any atom is 0.252 e. The number of phenols is 2. The summed E-state index contributed by atoms with van der Waals surface area (Å²) in [5.74, 6) is -6.09. The number of hydrogen-bond donors (Lipinski definition) is 8. The van der Waals surface area contributed by atoms with Crippen LogP contribution in [0.4, 0.5) is 5.69 Å². The van der Waals surface area contributed by atoms with E-state index in [1.807, 2.05) is 53.4 Å². The predicted octanol–water partition coefficient (Wildman–Crippen LogP) is 4.56. The third kappa shape index (κ3) is 26.8. The summed E-state index contributed by atoms with van der Waals surface area (Å²) < 4.78 is 102. The van der Waals surface area contributed by atoms with E-state index in [4.69, 9.17) is 85.3 Å². The van der Waals surface area contributed by atoms with Gasteiger partial charge in [-0.3, -0.25) is 43.3 Å². The molecule has 1 saturated carbocycles. The van der Waals surface area contributed by atoms with Crippen molar-refractivity contribution in [3.63, 3.8) is 0 Å². The van der Waals surface area contributed by atoms with E-state index in [0.29, 0.717) is 216 Å². The van der Waals surface area contributed by atoms with Gasteiger partial charge in [-0.2, -0.15) is 15.4 Å². The summed E-state index contributed by atoms with van der Waals surface area (Å²) in [6.45, 7) is 12.4. The maximum atomic E-state index is 14.7. The van der Waals surface area contributed by atoms with Gasteiger partial charge < -0.3 is 132 Å². The van der Waals surface area contributed by atoms with Crippen LogP contribution in [0.15, 0.2) is 66.7 Å². The molecule has 13 rings (SSSR count). The zero-order valence-corrected chi connectivity index (χ0v) is 76.6. The Balaban J connectivity index is 0.548. The normalized spacial score (nSPS) is 21.5. The van der Waals surface area contributed by atoms with Gasteiger partial charge in [0.1, 0.15) is 46.4 Å². The number of carbonyl (C=O) groups excluding carboxylic acids is 8. The van der Waals surface area contributed by atoms with E-state index in [1.54, 1.807) is 18.9 Å². The van der Waals surface area contributed by atoms with Crippen molar-refractivity contribution < 1.29 is 139 Å². The zero-order valence-electron chi connectivity index (χ0n) is 76.6. The lowest BCUT2D eigenvalue weighted by Gasteiger charge is -2.45. The number of ether oxygens (including phenoxy) is 18. The van der Waals surface area contributed by atoms with Crippen LogP contribution >= 0.6 is 0 Å². The second-order valence-electron chi connectivity index (χ2n) is 34.1. The number of piperidine rings is 1. The molecule has 9 unspecified atom stereocenters. The molecule has 133 heavy (non-hydrogen) atoms. The summed E-state index contributed by atoms with van der Waals surface area (Å²) in [5, 5.41) is 60.3. The summed E-state index contributed by atoms with van der Waals surface area (Å²) >= 11 is 0. The second kappa shape index (κ2) is 51.1. The highest BCUT2D eigenvalue weighted by Gasteiger charge is 2.56. The fourth-order valence-corrected chi connectivity index (χ4v) is 18.5. The molecule has 8 aliphatic rings. The van der Waals surface area contributed by atoms with E-state index in [0.717, 1.165) is 40.9 Å². The van der Waals surface area contributed by atoms with Gasteiger partial charge in [0.2, 0.25) is 35.3 Å². The van der Waals surface area contributed by atoms with E-state index in [-0.39, 0.29) is 110 Å². The zero-order chi connectivity index (χ0) is 93.5. The molecule has 4 aromatic carbocycles. The predicted molar refractivity (Wildman–Crippen MR) is 475 cm³/mol. The first-order chi connectivity index (χ1) is 64.8. The van der Waals surface area contributed by atoms with Gasteiger partial charge in [-0.1, -0.05) is 54.6 Å². The SMILES string of the molecule is COCCOCCOCCOCCOCCOCCOCCOCCOCCOCCOCCOCCC(=O)NCC(NC(=O)C1CCC2(CC1)CCN(C(=O)CCCCC(=O)N1Cc3ccccc3-c3n[nH]nc3-c3ccccc31)CC2)C(=O)NCCNC(=O)C1(O)Cc2c(O)c3c(c(O)c2C(OC2CC4C(OC5C(OC)OCCN45)C(C)O2)C1)C(=O)c1c(OC)cccc1C3=O. The maximum absolute atomic E-state index is 14.7. The number of amides is 6. The molecule has 6 amide bonds. The molecule has 5 fully saturated rings. The number of nitrogens with one attached hydrogen (secondary N) is 5. The number of nitrogens with zero attached hydrogens (tertiary/aromatic N) is 5. The number of anilines is 1. The number of aliphatic hydroxyl groups is 1. The Morgan fingerprint density at radius 2 is 1.14 bits per heavy atom. The van der Waals surface area contributed by atoms with E-state index in [2.05, 4.69) is 41.6 Å². The number of aromatic amines is 1. The summed E-state index contributed by atoms with van der Waals surface area (Å²) in [7, 11) is 4.48. The lowest BCUT2D eigenvalue weighted by Crippen LogP contribution is -2.56. The van der Waals surface area contributed by atoms with Crippen LogP contribution in [0.25, 0.3) is 22.5 Å². The first kappa shape index (κ1) is 101. The number of fused-ring (bicyclic) bond motifs is 11. The first-order valence-corrected chi connectivity index (χ1v) is 46.4. The number of rotatable bonds is 54. The van der Waals surface area contributed by atoms with Crippen molar-refractivity contribution in [3.05, 3.63) is 106 Å². The lowest BCUT2D eigenvalue weighted by atomic mass is 9.65. The molecule has 730 valence electrons. The third-order valence-electron chi connectivity index (χ3n) is 25.6. The highest BCUT2D eigenvalue weighted by molar-refractivity contribution is 6.31. The van der Waals surface area contributed by atoms with E-state index in [1.165, 1.54) is 32.4 Å². The summed E-state index contributed by atoms with van der Waals surface area (Å²) in [5.41, 5.74) is 0.574. The number of phenolic OH excluding ortho intramolecular Hbond substituents is 2. The summed E-state index contributed by atoms with van der Waals surface area (Å²) in [6, 6.07) is 18.3. The van der Waals surface area contributed by atoms with Gasteiger partial charge in [0.15, 0.2) is 24.6 Å². The number of hydrogen-bond acceptors (Lipinski definition) is 32. The molecular weight excluding hydrogens is 1730 g/mol. The van der Waals surface area contributed by atoms with Crippen LogP contribution < -0.4 is 30.9 Å². The molecule has 0 radical (unpaired) electrons. The number of H-pyrrole nitrogens is 1. The van der Waals surface area contributed by atoms with Crippen LogP contribution in [0.1, 0.15) is 145 Å². The summed E-state index contributed by atoms with van der Waals surface area (Å²) in [4.78, 5) is 120. The van der Waals surface area contributed by atoms with Gasteiger partial charge in [-0.25, -0.2) is 0 Å². The smallest absolute Gasteiger partial charge is 0.252 e. The Morgan fingerprint density at radius 3 is 1.74 bits per heavy atom. The van der Waals surface area contributed by atoms with Crippen LogP contribution in [-0.4, -0.2) is 355 Å². The van der Waals surface area contributed by atoms with Gasteiger partial charge in [-0.05, 0) is 81.4 Å². The monoisotopic (exact) mass is 1860 g/mol. The number of benzene rings is 4. The molecule has 8 N–H and O–H groups in total. The van der Waals surface area contributed by atoms with Gasteiger partial charge in [0, 0.05) is 132 Å². The Kier molecular flexibility index (Phi) is 38.9. The average molecular weight is 1860 g/mol. The number of ketones is 2. The Labute approximate surface area is 773 Å². The van der Waals surface area contributed by atoms with Gasteiger partial charge in [-0.15, -0.1) is 0 Å². The minimum Gasteiger partial charge on any atom is -0.507 e. The van der Waals surface area contributed by atoms with Crippen LogP contribution in [0.2, 0.25) is 0 Å². The fourth-order valence-electron chi connectivity index (χ4n) is 18.5. The molecule has 39 nitrogen and oxygen atoms in total. The number of likely N-dealkylation sites (tertiary alicyclic amines) is 1. The molecule has 4 saturated heterocycles. The van der Waals surface area contributed by atoms with Gasteiger partial charge in [0.05, 0.1) is 207 Å². The Morgan fingerprint density at radius 1 is 0.586 bits per heavy atom. The number of methoxy groups -OCH3 is 3. The fraction of sp³-hybridized carbons (Fsp3) is 0.638. The number of morpholine rings is 1. The molecule has 5 aromatic rings. The van der Waals surface area contributed by atoms with Crippen LogP contribution in [0.3, 0.4) is 0 Å². The number of carbonyl (C=O) groups is 8. The van der Waals surface area contributed by atoms with Gasteiger partial charge >= 0.3 is 0 Å². The van der Waals surface area contributed by atoms with Gasteiger partial charge in [0.25, 0.3) is 5.91 Å². The topological polar surface area (TPSA) is 463 Å². The molecule has 1 spiro atoms. The van der Waals surface area contributed by atoms with Crippen molar-refractivity contribution in [3.8, 4) is 39.8 Å². The van der Waals surface area contributed by atoms with Crippen molar-refractivity contribution in [2.24, 2.45) is 11.3 Å². The lowest BCUT2D eigenvalue weighted by molar-refractivity contribution is -0.256. The Bertz CT molecular complexity index is 4640. The Hall–Kier alpha value is -9.18. The summed E-state index contributed by atoms with van der Waals surface area (Å²) in [6.07, 6.45) is -0.429. The minimum atomic E-state index is -2.45. The van der Waals surface area contributed by atoms with Crippen LogP contribution in [0, 0.1) is 11.3 Å². The molecule has 0 bridgehead atoms. The molecule has 3 aliphatic carbocycles. The number of para-hydroxylation sites is 1.